The van der Waals surface area contributed by atoms with Gasteiger partial charge in [-0.25, -0.2) is 0 Å². The molecule has 0 saturated heterocycles. The second-order valence-electron chi connectivity index (χ2n) is 3.47. The van der Waals surface area contributed by atoms with Crippen molar-refractivity contribution in [3.8, 4) is 0 Å². The van der Waals surface area contributed by atoms with Crippen molar-refractivity contribution >= 4 is 24.4 Å². The first-order chi connectivity index (χ1) is 8.13. The first kappa shape index (κ1) is 13.5. The lowest BCUT2D eigenvalue weighted by Crippen LogP contribution is -2.47. The van der Waals surface area contributed by atoms with Gasteiger partial charge in [0.05, 0.1) is 12.2 Å². The molecule has 0 bridgehead atoms. The zero-order valence-electron chi connectivity index (χ0n) is 9.51. The Morgan fingerprint density at radius 3 is 2.76 bits per heavy atom. The van der Waals surface area contributed by atoms with E-state index in [1.165, 1.54) is 6.92 Å². The van der Waals surface area contributed by atoms with Crippen LogP contribution in [0.3, 0.4) is 0 Å². The molecule has 2 N–H and O–H groups in total. The zero-order chi connectivity index (χ0) is 12.7. The van der Waals surface area contributed by atoms with E-state index in [1.54, 1.807) is 12.3 Å². The normalized spacial score (nSPS) is 11.6. The van der Waals surface area contributed by atoms with Crippen LogP contribution >= 0.6 is 12.6 Å². The molecule has 0 fully saturated rings. The molecule has 0 aromatic carbocycles. The lowest BCUT2D eigenvalue weighted by molar-refractivity contribution is -0.127. The van der Waals surface area contributed by atoms with Crippen LogP contribution in [0.5, 0.6) is 0 Å². The fourth-order valence-electron chi connectivity index (χ4n) is 1.24. The quantitative estimate of drug-likeness (QED) is 0.653. The van der Waals surface area contributed by atoms with Gasteiger partial charge in [0.25, 0.3) is 0 Å². The standard InChI is InChI=1S/C11H15N3O2S/c1-8(15)14-10(7-17)11(16)13-6-9-4-2-3-5-12-9/h2-5,10,17H,6-7H2,1H3,(H,13,16)(H,14,15). The van der Waals surface area contributed by atoms with Gasteiger partial charge in [0.2, 0.25) is 11.8 Å². The van der Waals surface area contributed by atoms with E-state index in [1.807, 2.05) is 12.1 Å². The maximum Gasteiger partial charge on any atom is 0.243 e. The third kappa shape index (κ3) is 4.86. The van der Waals surface area contributed by atoms with Gasteiger partial charge in [-0.05, 0) is 12.1 Å². The Balaban J connectivity index is 2.45. The molecule has 1 heterocycles. The van der Waals surface area contributed by atoms with Crippen molar-refractivity contribution in [1.29, 1.82) is 0 Å². The second-order valence-corrected chi connectivity index (χ2v) is 3.84. The summed E-state index contributed by atoms with van der Waals surface area (Å²) in [6.45, 7) is 1.70. The van der Waals surface area contributed by atoms with E-state index in [0.717, 1.165) is 5.69 Å². The summed E-state index contributed by atoms with van der Waals surface area (Å²) >= 11 is 4.02. The van der Waals surface area contributed by atoms with Crippen LogP contribution < -0.4 is 10.6 Å². The number of aromatic nitrogens is 1. The van der Waals surface area contributed by atoms with E-state index in [2.05, 4.69) is 28.2 Å². The van der Waals surface area contributed by atoms with Gasteiger partial charge in [0.15, 0.2) is 0 Å². The molecule has 1 aromatic heterocycles. The highest BCUT2D eigenvalue weighted by molar-refractivity contribution is 7.80. The van der Waals surface area contributed by atoms with Crippen LogP contribution in [-0.4, -0.2) is 28.6 Å². The molecule has 0 aliphatic heterocycles. The fraction of sp³-hybridized carbons (Fsp3) is 0.364. The summed E-state index contributed by atoms with van der Waals surface area (Å²) in [6, 6.07) is 4.85. The highest BCUT2D eigenvalue weighted by Crippen LogP contribution is 1.94. The smallest absolute Gasteiger partial charge is 0.243 e. The predicted molar refractivity (Wildman–Crippen MR) is 67.5 cm³/mol. The number of amides is 2. The van der Waals surface area contributed by atoms with Crippen molar-refractivity contribution < 1.29 is 9.59 Å². The van der Waals surface area contributed by atoms with Gasteiger partial charge in [-0.2, -0.15) is 12.6 Å². The predicted octanol–water partition coefficient (Wildman–Crippen LogP) is 0.132. The molecule has 0 aliphatic carbocycles. The van der Waals surface area contributed by atoms with Crippen molar-refractivity contribution in [2.75, 3.05) is 5.75 Å². The summed E-state index contributed by atoms with van der Waals surface area (Å²) in [4.78, 5) is 26.6. The Hall–Kier alpha value is -1.56. The van der Waals surface area contributed by atoms with Gasteiger partial charge in [-0.3, -0.25) is 14.6 Å². The van der Waals surface area contributed by atoms with Gasteiger partial charge < -0.3 is 10.6 Å². The van der Waals surface area contributed by atoms with Crippen LogP contribution in [0.25, 0.3) is 0 Å². The molecule has 1 atom stereocenters. The van der Waals surface area contributed by atoms with Gasteiger partial charge >= 0.3 is 0 Å². The maximum atomic E-state index is 11.7. The molecular weight excluding hydrogens is 238 g/mol. The largest absolute Gasteiger partial charge is 0.349 e. The van der Waals surface area contributed by atoms with E-state index in [0.29, 0.717) is 6.54 Å². The van der Waals surface area contributed by atoms with Crippen LogP contribution in [-0.2, 0) is 16.1 Å². The highest BCUT2D eigenvalue weighted by Gasteiger charge is 2.16. The number of hydrogen-bond acceptors (Lipinski definition) is 4. The molecule has 1 rings (SSSR count). The van der Waals surface area contributed by atoms with Crippen LogP contribution in [0.1, 0.15) is 12.6 Å². The molecule has 1 aromatic rings. The molecule has 1 unspecified atom stereocenters. The molecule has 6 heteroatoms. The number of hydrogen-bond donors (Lipinski definition) is 3. The molecule has 5 nitrogen and oxygen atoms in total. The third-order valence-electron chi connectivity index (χ3n) is 2.05. The van der Waals surface area contributed by atoms with Crippen molar-refractivity contribution in [3.63, 3.8) is 0 Å². The molecule has 0 radical (unpaired) electrons. The van der Waals surface area contributed by atoms with E-state index in [4.69, 9.17) is 0 Å². The molecule has 0 saturated carbocycles. The number of thiol groups is 1. The van der Waals surface area contributed by atoms with Gasteiger partial charge in [-0.1, -0.05) is 6.07 Å². The average Bonchev–Trinajstić information content (AvgIpc) is 2.34. The first-order valence-corrected chi connectivity index (χ1v) is 5.82. The van der Waals surface area contributed by atoms with Crippen LogP contribution in [0.2, 0.25) is 0 Å². The molecule has 0 aliphatic rings. The fourth-order valence-corrected chi connectivity index (χ4v) is 1.50. The molecule has 0 spiro atoms. The Labute approximate surface area is 105 Å². The van der Waals surface area contributed by atoms with Crippen LogP contribution in [0.15, 0.2) is 24.4 Å². The molecular formula is C11H15N3O2S. The van der Waals surface area contributed by atoms with Gasteiger partial charge in [0, 0.05) is 18.9 Å². The third-order valence-corrected chi connectivity index (χ3v) is 2.41. The highest BCUT2D eigenvalue weighted by atomic mass is 32.1. The summed E-state index contributed by atoms with van der Waals surface area (Å²) in [5, 5.41) is 5.21. The Kier molecular flexibility index (Phi) is 5.48. The number of nitrogens with one attached hydrogen (secondary N) is 2. The summed E-state index contributed by atoms with van der Waals surface area (Å²) < 4.78 is 0. The number of carbonyl (C=O) groups is 2. The topological polar surface area (TPSA) is 71.1 Å². The van der Waals surface area contributed by atoms with E-state index >= 15 is 0 Å². The van der Waals surface area contributed by atoms with Crippen molar-refractivity contribution in [2.24, 2.45) is 0 Å². The summed E-state index contributed by atoms with van der Waals surface area (Å²) in [6.07, 6.45) is 1.66. The SMILES string of the molecule is CC(=O)NC(CS)C(=O)NCc1ccccn1. The van der Waals surface area contributed by atoms with Crippen molar-refractivity contribution in [3.05, 3.63) is 30.1 Å². The minimum absolute atomic E-state index is 0.253. The number of carbonyl (C=O) groups excluding carboxylic acids is 2. The number of pyridine rings is 1. The van der Waals surface area contributed by atoms with Crippen molar-refractivity contribution in [1.82, 2.24) is 15.6 Å². The number of rotatable bonds is 5. The zero-order valence-corrected chi connectivity index (χ0v) is 10.4. The summed E-state index contributed by atoms with van der Waals surface area (Å²) in [5.41, 5.74) is 0.765. The molecule has 17 heavy (non-hydrogen) atoms. The Morgan fingerprint density at radius 1 is 1.47 bits per heavy atom. The lowest BCUT2D eigenvalue weighted by Gasteiger charge is -2.14. The Bertz CT molecular complexity index is 384. The average molecular weight is 253 g/mol. The minimum Gasteiger partial charge on any atom is -0.349 e. The Morgan fingerprint density at radius 2 is 2.24 bits per heavy atom. The summed E-state index contributed by atoms with van der Waals surface area (Å²) in [7, 11) is 0. The molecule has 2 amide bonds. The monoisotopic (exact) mass is 253 g/mol. The van der Waals surface area contributed by atoms with Crippen molar-refractivity contribution in [2.45, 2.75) is 19.5 Å². The van der Waals surface area contributed by atoms with E-state index in [-0.39, 0.29) is 17.6 Å². The first-order valence-electron chi connectivity index (χ1n) is 5.19. The van der Waals surface area contributed by atoms with E-state index in [9.17, 15) is 9.59 Å². The van der Waals surface area contributed by atoms with Crippen LogP contribution in [0.4, 0.5) is 0 Å². The minimum atomic E-state index is -0.612. The van der Waals surface area contributed by atoms with Gasteiger partial charge in [0.1, 0.15) is 6.04 Å². The second kappa shape index (κ2) is 6.90. The lowest BCUT2D eigenvalue weighted by atomic mass is 10.3. The summed E-state index contributed by atoms with van der Waals surface area (Å²) in [5.74, 6) is -0.258. The maximum absolute atomic E-state index is 11.7. The van der Waals surface area contributed by atoms with Crippen LogP contribution in [0, 0.1) is 0 Å². The van der Waals surface area contributed by atoms with Gasteiger partial charge in [-0.15, -0.1) is 0 Å². The molecule has 92 valence electrons. The number of nitrogens with zero attached hydrogens (tertiary/aromatic N) is 1. The van der Waals surface area contributed by atoms with E-state index < -0.39 is 6.04 Å².